The molecule has 2 N–H and O–H groups in total. The van der Waals surface area contributed by atoms with Gasteiger partial charge in [-0.25, -0.2) is 0 Å². The zero-order chi connectivity index (χ0) is 20.6. The lowest BCUT2D eigenvalue weighted by Gasteiger charge is -2.15. The number of hydrogen-bond acceptors (Lipinski definition) is 3. The average molecular weight is 388 g/mol. The third kappa shape index (κ3) is 5.94. The number of anilines is 1. The predicted molar refractivity (Wildman–Crippen MR) is 114 cm³/mol. The van der Waals surface area contributed by atoms with Gasteiger partial charge >= 0.3 is 0 Å². The SMILES string of the molecule is Cc1cccc(C(=O)N[C@@H](C)C(=O)Nc2ccc(OCc3ccccc3)cc2)c1. The molecule has 0 heterocycles. The van der Waals surface area contributed by atoms with E-state index in [1.165, 1.54) is 0 Å². The lowest BCUT2D eigenvalue weighted by atomic mass is 10.1. The third-order valence-corrected chi connectivity index (χ3v) is 4.39. The molecule has 0 saturated heterocycles. The fourth-order valence-electron chi connectivity index (χ4n) is 2.76. The summed E-state index contributed by atoms with van der Waals surface area (Å²) >= 11 is 0. The minimum absolute atomic E-state index is 0.277. The molecule has 2 amide bonds. The van der Waals surface area contributed by atoms with Gasteiger partial charge in [0, 0.05) is 11.3 Å². The molecule has 1 atom stereocenters. The van der Waals surface area contributed by atoms with Crippen LogP contribution in [0, 0.1) is 6.92 Å². The normalized spacial score (nSPS) is 11.4. The molecular formula is C24H24N2O3. The molecule has 29 heavy (non-hydrogen) atoms. The molecule has 0 aromatic heterocycles. The molecule has 3 aromatic rings. The van der Waals surface area contributed by atoms with E-state index in [-0.39, 0.29) is 11.8 Å². The van der Waals surface area contributed by atoms with Gasteiger partial charge in [0.15, 0.2) is 0 Å². The van der Waals surface area contributed by atoms with Crippen LogP contribution in [0.3, 0.4) is 0 Å². The summed E-state index contributed by atoms with van der Waals surface area (Å²) in [4.78, 5) is 24.7. The largest absolute Gasteiger partial charge is 0.489 e. The number of carbonyl (C=O) groups is 2. The average Bonchev–Trinajstić information content (AvgIpc) is 2.74. The second-order valence-electron chi connectivity index (χ2n) is 6.85. The maximum Gasteiger partial charge on any atom is 0.251 e. The number of carbonyl (C=O) groups excluding carboxylic acids is 2. The molecule has 3 rings (SSSR count). The van der Waals surface area contributed by atoms with E-state index in [4.69, 9.17) is 4.74 Å². The first-order valence-electron chi connectivity index (χ1n) is 9.46. The van der Waals surface area contributed by atoms with Crippen LogP contribution in [0.1, 0.15) is 28.4 Å². The van der Waals surface area contributed by atoms with Gasteiger partial charge < -0.3 is 15.4 Å². The van der Waals surface area contributed by atoms with Crippen molar-refractivity contribution in [1.29, 1.82) is 0 Å². The van der Waals surface area contributed by atoms with Gasteiger partial charge in [0.1, 0.15) is 18.4 Å². The van der Waals surface area contributed by atoms with Gasteiger partial charge in [-0.15, -0.1) is 0 Å². The van der Waals surface area contributed by atoms with Gasteiger partial charge in [-0.1, -0.05) is 48.0 Å². The maximum atomic E-state index is 12.4. The third-order valence-electron chi connectivity index (χ3n) is 4.39. The van der Waals surface area contributed by atoms with Gasteiger partial charge in [-0.05, 0) is 55.8 Å². The molecule has 0 aliphatic rings. The lowest BCUT2D eigenvalue weighted by Crippen LogP contribution is -2.41. The van der Waals surface area contributed by atoms with Crippen LogP contribution >= 0.6 is 0 Å². The van der Waals surface area contributed by atoms with Crippen molar-refractivity contribution >= 4 is 17.5 Å². The monoisotopic (exact) mass is 388 g/mol. The van der Waals surface area contributed by atoms with Gasteiger partial charge in [0.25, 0.3) is 5.91 Å². The highest BCUT2D eigenvalue weighted by atomic mass is 16.5. The molecule has 0 fully saturated rings. The highest BCUT2D eigenvalue weighted by molar-refractivity contribution is 6.01. The first-order chi connectivity index (χ1) is 14.0. The molecule has 0 unspecified atom stereocenters. The molecule has 5 nitrogen and oxygen atoms in total. The van der Waals surface area contributed by atoms with E-state index >= 15 is 0 Å². The molecule has 148 valence electrons. The van der Waals surface area contributed by atoms with Crippen LogP contribution < -0.4 is 15.4 Å². The van der Waals surface area contributed by atoms with Crippen molar-refractivity contribution < 1.29 is 14.3 Å². The van der Waals surface area contributed by atoms with Crippen molar-refractivity contribution in [3.63, 3.8) is 0 Å². The Balaban J connectivity index is 1.51. The first kappa shape index (κ1) is 20.1. The fraction of sp³-hybridized carbons (Fsp3) is 0.167. The van der Waals surface area contributed by atoms with E-state index in [2.05, 4.69) is 10.6 Å². The van der Waals surface area contributed by atoms with Crippen LogP contribution in [0.2, 0.25) is 0 Å². The Morgan fingerprint density at radius 3 is 2.34 bits per heavy atom. The van der Waals surface area contributed by atoms with Crippen molar-refractivity contribution in [2.24, 2.45) is 0 Å². The maximum absolute atomic E-state index is 12.4. The fourth-order valence-corrected chi connectivity index (χ4v) is 2.76. The minimum Gasteiger partial charge on any atom is -0.489 e. The summed E-state index contributed by atoms with van der Waals surface area (Å²) in [6.07, 6.45) is 0. The standard InChI is InChI=1S/C24H24N2O3/c1-17-7-6-10-20(15-17)24(28)25-18(2)23(27)26-21-11-13-22(14-12-21)29-16-19-8-4-3-5-9-19/h3-15,18H,16H2,1-2H3,(H,25,28)(H,26,27)/t18-/m0/s1. The topological polar surface area (TPSA) is 67.4 Å². The van der Waals surface area contributed by atoms with E-state index in [1.54, 1.807) is 43.3 Å². The molecule has 0 radical (unpaired) electrons. The van der Waals surface area contributed by atoms with Crippen LogP contribution in [0.25, 0.3) is 0 Å². The number of hydrogen-bond donors (Lipinski definition) is 2. The van der Waals surface area contributed by atoms with Crippen LogP contribution in [-0.4, -0.2) is 17.9 Å². The van der Waals surface area contributed by atoms with Crippen LogP contribution in [0.4, 0.5) is 5.69 Å². The second-order valence-corrected chi connectivity index (χ2v) is 6.85. The summed E-state index contributed by atoms with van der Waals surface area (Å²) in [5.74, 6) is 0.151. The quantitative estimate of drug-likeness (QED) is 0.633. The minimum atomic E-state index is -0.669. The highest BCUT2D eigenvalue weighted by Crippen LogP contribution is 2.17. The van der Waals surface area contributed by atoms with Crippen molar-refractivity contribution in [3.8, 4) is 5.75 Å². The zero-order valence-electron chi connectivity index (χ0n) is 16.5. The number of aryl methyl sites for hydroxylation is 1. The van der Waals surface area contributed by atoms with Crippen molar-refractivity contribution in [1.82, 2.24) is 5.32 Å². The van der Waals surface area contributed by atoms with Gasteiger partial charge in [-0.2, -0.15) is 0 Å². The van der Waals surface area contributed by atoms with E-state index < -0.39 is 6.04 Å². The van der Waals surface area contributed by atoms with E-state index in [9.17, 15) is 9.59 Å². The van der Waals surface area contributed by atoms with Crippen LogP contribution in [0.15, 0.2) is 78.9 Å². The Morgan fingerprint density at radius 1 is 0.931 bits per heavy atom. The summed E-state index contributed by atoms with van der Waals surface area (Å²) in [7, 11) is 0. The van der Waals surface area contributed by atoms with Crippen molar-refractivity contribution in [3.05, 3.63) is 95.6 Å². The molecule has 0 bridgehead atoms. The Bertz CT molecular complexity index is 969. The zero-order valence-corrected chi connectivity index (χ0v) is 16.5. The van der Waals surface area contributed by atoms with Crippen molar-refractivity contribution in [2.75, 3.05) is 5.32 Å². The number of amides is 2. The molecule has 3 aromatic carbocycles. The van der Waals surface area contributed by atoms with Crippen molar-refractivity contribution in [2.45, 2.75) is 26.5 Å². The number of rotatable bonds is 7. The second kappa shape index (κ2) is 9.55. The van der Waals surface area contributed by atoms with E-state index in [1.807, 2.05) is 49.4 Å². The van der Waals surface area contributed by atoms with Crippen LogP contribution in [0.5, 0.6) is 5.75 Å². The summed E-state index contributed by atoms with van der Waals surface area (Å²) in [6, 6.07) is 23.6. The molecule has 0 spiro atoms. The Hall–Kier alpha value is -3.60. The van der Waals surface area contributed by atoms with Gasteiger partial charge in [-0.3, -0.25) is 9.59 Å². The highest BCUT2D eigenvalue weighted by Gasteiger charge is 2.16. The number of nitrogens with one attached hydrogen (secondary N) is 2. The summed E-state index contributed by atoms with van der Waals surface area (Å²) < 4.78 is 5.74. The van der Waals surface area contributed by atoms with E-state index in [0.717, 1.165) is 11.1 Å². The molecule has 0 aliphatic heterocycles. The van der Waals surface area contributed by atoms with Crippen LogP contribution in [-0.2, 0) is 11.4 Å². The van der Waals surface area contributed by atoms with Gasteiger partial charge in [0.05, 0.1) is 0 Å². The number of benzene rings is 3. The molecule has 0 aliphatic carbocycles. The Labute approximate surface area is 170 Å². The molecule has 5 heteroatoms. The number of ether oxygens (including phenoxy) is 1. The summed E-state index contributed by atoms with van der Waals surface area (Å²) in [5.41, 5.74) is 3.25. The predicted octanol–water partition coefficient (Wildman–Crippen LogP) is 4.33. The Kier molecular flexibility index (Phi) is 6.63. The first-order valence-corrected chi connectivity index (χ1v) is 9.46. The lowest BCUT2D eigenvalue weighted by molar-refractivity contribution is -0.117. The molecular weight excluding hydrogens is 364 g/mol. The van der Waals surface area contributed by atoms with E-state index in [0.29, 0.717) is 23.6 Å². The Morgan fingerprint density at radius 2 is 1.66 bits per heavy atom. The summed E-state index contributed by atoms with van der Waals surface area (Å²) in [5, 5.41) is 5.52. The summed E-state index contributed by atoms with van der Waals surface area (Å²) in [6.45, 7) is 4.05. The smallest absolute Gasteiger partial charge is 0.251 e. The molecule has 0 saturated carbocycles. The van der Waals surface area contributed by atoms with Gasteiger partial charge in [0.2, 0.25) is 5.91 Å².